The Balaban J connectivity index is 1.95. The Labute approximate surface area is 186 Å². The number of carbonyl (C=O) groups excluding carboxylic acids is 2. The lowest BCUT2D eigenvalue weighted by Crippen LogP contribution is -2.50. The number of nitrogens with one attached hydrogen (secondary N) is 1. The lowest BCUT2D eigenvalue weighted by atomic mass is 10.0. The fourth-order valence-electron chi connectivity index (χ4n) is 3.46. The van der Waals surface area contributed by atoms with E-state index in [1.165, 1.54) is 11.0 Å². The van der Waals surface area contributed by atoms with Crippen LogP contribution in [0.15, 0.2) is 78.9 Å². The molecule has 0 bridgehead atoms. The van der Waals surface area contributed by atoms with Gasteiger partial charge in [0.1, 0.15) is 11.9 Å². The lowest BCUT2D eigenvalue weighted by molar-refractivity contribution is -0.140. The van der Waals surface area contributed by atoms with Crippen molar-refractivity contribution in [3.63, 3.8) is 0 Å². The summed E-state index contributed by atoms with van der Waals surface area (Å²) in [6, 6.07) is 22.1. The van der Waals surface area contributed by atoms with E-state index in [1.807, 2.05) is 36.4 Å². The zero-order valence-electron chi connectivity index (χ0n) is 17.2. The van der Waals surface area contributed by atoms with Crippen LogP contribution in [0.25, 0.3) is 0 Å². The molecule has 4 nitrogen and oxygen atoms in total. The van der Waals surface area contributed by atoms with Crippen LogP contribution >= 0.6 is 11.6 Å². The first kappa shape index (κ1) is 22.5. The van der Waals surface area contributed by atoms with Gasteiger partial charge in [0.25, 0.3) is 0 Å². The molecule has 1 N–H and O–H groups in total. The fraction of sp³-hybridized carbons (Fsp3) is 0.200. The predicted molar refractivity (Wildman–Crippen MR) is 120 cm³/mol. The van der Waals surface area contributed by atoms with E-state index in [0.29, 0.717) is 17.0 Å². The maximum Gasteiger partial charge on any atom is 0.242 e. The van der Waals surface area contributed by atoms with Crippen molar-refractivity contribution >= 4 is 23.4 Å². The van der Waals surface area contributed by atoms with E-state index in [4.69, 9.17) is 11.6 Å². The van der Waals surface area contributed by atoms with E-state index in [2.05, 4.69) is 5.32 Å². The van der Waals surface area contributed by atoms with Crippen LogP contribution < -0.4 is 5.32 Å². The van der Waals surface area contributed by atoms with Gasteiger partial charge in [-0.25, -0.2) is 4.39 Å². The highest BCUT2D eigenvalue weighted by Crippen LogP contribution is 2.19. The summed E-state index contributed by atoms with van der Waals surface area (Å²) >= 11 is 6.13. The van der Waals surface area contributed by atoms with E-state index in [-0.39, 0.29) is 24.8 Å². The lowest BCUT2D eigenvalue weighted by Gasteiger charge is -2.31. The summed E-state index contributed by atoms with van der Waals surface area (Å²) in [6.07, 6.45) is 0.194. The average Bonchev–Trinajstić information content (AvgIpc) is 2.78. The monoisotopic (exact) mass is 438 g/mol. The van der Waals surface area contributed by atoms with E-state index < -0.39 is 11.9 Å². The topological polar surface area (TPSA) is 49.4 Å². The predicted octanol–water partition coefficient (Wildman–Crippen LogP) is 4.41. The number of hydrogen-bond donors (Lipinski definition) is 1. The molecule has 0 aromatic heterocycles. The summed E-state index contributed by atoms with van der Waals surface area (Å²) in [4.78, 5) is 27.7. The van der Waals surface area contributed by atoms with Gasteiger partial charge in [-0.05, 0) is 34.9 Å². The van der Waals surface area contributed by atoms with Gasteiger partial charge in [0.05, 0.1) is 6.42 Å². The van der Waals surface area contributed by atoms with Gasteiger partial charge in [-0.2, -0.15) is 0 Å². The number of rotatable bonds is 8. The van der Waals surface area contributed by atoms with Crippen LogP contribution in [0, 0.1) is 5.82 Å². The molecular formula is C25H24ClFN2O2. The number of benzene rings is 3. The van der Waals surface area contributed by atoms with Crippen LogP contribution in [0.3, 0.4) is 0 Å². The molecule has 0 fully saturated rings. The minimum absolute atomic E-state index is 0.143. The molecule has 160 valence electrons. The van der Waals surface area contributed by atoms with Crippen molar-refractivity contribution in [2.24, 2.45) is 0 Å². The highest BCUT2D eigenvalue weighted by Gasteiger charge is 2.30. The van der Waals surface area contributed by atoms with Crippen molar-refractivity contribution in [2.75, 3.05) is 7.05 Å². The molecule has 0 radical (unpaired) electrons. The zero-order valence-corrected chi connectivity index (χ0v) is 18.0. The largest absolute Gasteiger partial charge is 0.357 e. The van der Waals surface area contributed by atoms with Crippen molar-refractivity contribution < 1.29 is 14.0 Å². The summed E-state index contributed by atoms with van der Waals surface area (Å²) in [6.45, 7) is 0.179. The molecule has 6 heteroatoms. The van der Waals surface area contributed by atoms with Crippen LogP contribution in [0.4, 0.5) is 4.39 Å². The summed E-state index contributed by atoms with van der Waals surface area (Å²) in [7, 11) is 1.54. The summed E-state index contributed by atoms with van der Waals surface area (Å²) < 4.78 is 14.2. The van der Waals surface area contributed by atoms with E-state index in [0.717, 1.165) is 11.1 Å². The second-order valence-corrected chi connectivity index (χ2v) is 7.68. The van der Waals surface area contributed by atoms with Crippen molar-refractivity contribution in [1.29, 1.82) is 0 Å². The summed E-state index contributed by atoms with van der Waals surface area (Å²) in [5, 5.41) is 3.20. The molecule has 0 heterocycles. The SMILES string of the molecule is CNC(=O)[C@@H](Cc1ccccc1)N(Cc1cccc(Cl)c1)C(=O)Cc1ccccc1F. The molecule has 0 saturated heterocycles. The van der Waals surface area contributed by atoms with Crippen LogP contribution in [-0.2, 0) is 29.0 Å². The number of nitrogens with zero attached hydrogens (tertiary/aromatic N) is 1. The van der Waals surface area contributed by atoms with Crippen LogP contribution in [-0.4, -0.2) is 29.8 Å². The van der Waals surface area contributed by atoms with Crippen LogP contribution in [0.5, 0.6) is 0 Å². The molecule has 3 aromatic rings. The number of amides is 2. The van der Waals surface area contributed by atoms with Gasteiger partial charge in [0.15, 0.2) is 0 Å². The van der Waals surface area contributed by atoms with Crippen molar-refractivity contribution in [2.45, 2.75) is 25.4 Å². The second kappa shape index (κ2) is 10.7. The van der Waals surface area contributed by atoms with Crippen LogP contribution in [0.2, 0.25) is 5.02 Å². The third kappa shape index (κ3) is 6.15. The molecule has 1 atom stereocenters. The summed E-state index contributed by atoms with van der Waals surface area (Å²) in [5.74, 6) is -1.07. The third-order valence-electron chi connectivity index (χ3n) is 5.06. The van der Waals surface area contributed by atoms with Gasteiger partial charge in [-0.15, -0.1) is 0 Å². The molecule has 0 spiro atoms. The molecule has 0 saturated carbocycles. The van der Waals surface area contributed by atoms with Gasteiger partial charge in [0.2, 0.25) is 11.8 Å². The molecule has 31 heavy (non-hydrogen) atoms. The van der Waals surface area contributed by atoms with Gasteiger partial charge < -0.3 is 10.2 Å². The fourth-order valence-corrected chi connectivity index (χ4v) is 3.67. The van der Waals surface area contributed by atoms with E-state index >= 15 is 0 Å². The second-order valence-electron chi connectivity index (χ2n) is 7.24. The van der Waals surface area contributed by atoms with E-state index in [1.54, 1.807) is 43.4 Å². The van der Waals surface area contributed by atoms with Gasteiger partial charge in [-0.3, -0.25) is 9.59 Å². The molecule has 0 unspecified atom stereocenters. The maximum absolute atomic E-state index is 14.2. The zero-order chi connectivity index (χ0) is 22.2. The Morgan fingerprint density at radius 2 is 1.65 bits per heavy atom. The standard InChI is InChI=1S/C25H24ClFN2O2/c1-28-25(31)23(15-18-8-3-2-4-9-18)29(17-19-10-7-12-21(26)14-19)24(30)16-20-11-5-6-13-22(20)27/h2-14,23H,15-17H2,1H3,(H,28,31)/t23-/m1/s1. The smallest absolute Gasteiger partial charge is 0.242 e. The van der Waals surface area contributed by atoms with Gasteiger partial charge in [-0.1, -0.05) is 72.3 Å². The van der Waals surface area contributed by atoms with E-state index in [9.17, 15) is 14.0 Å². The maximum atomic E-state index is 14.2. The normalized spacial score (nSPS) is 11.6. The first-order chi connectivity index (χ1) is 15.0. The van der Waals surface area contributed by atoms with Gasteiger partial charge >= 0.3 is 0 Å². The molecule has 0 aliphatic rings. The highest BCUT2D eigenvalue weighted by atomic mass is 35.5. The first-order valence-electron chi connectivity index (χ1n) is 10.0. The Bertz CT molecular complexity index is 1040. The van der Waals surface area contributed by atoms with Crippen molar-refractivity contribution in [3.8, 4) is 0 Å². The molecule has 3 rings (SSSR count). The average molecular weight is 439 g/mol. The molecule has 2 amide bonds. The van der Waals surface area contributed by atoms with Gasteiger partial charge in [0, 0.05) is 25.0 Å². The quantitative estimate of drug-likeness (QED) is 0.566. The summed E-state index contributed by atoms with van der Waals surface area (Å²) in [5.41, 5.74) is 2.00. The van der Waals surface area contributed by atoms with Crippen molar-refractivity contribution in [1.82, 2.24) is 10.2 Å². The highest BCUT2D eigenvalue weighted by molar-refractivity contribution is 6.30. The Morgan fingerprint density at radius 1 is 0.968 bits per heavy atom. The number of carbonyl (C=O) groups is 2. The first-order valence-corrected chi connectivity index (χ1v) is 10.4. The molecule has 0 aliphatic carbocycles. The number of likely N-dealkylation sites (N-methyl/N-ethyl adjacent to an activating group) is 1. The number of hydrogen-bond acceptors (Lipinski definition) is 2. The molecular weight excluding hydrogens is 415 g/mol. The minimum atomic E-state index is -0.759. The Hall–Kier alpha value is -3.18. The van der Waals surface area contributed by atoms with Crippen molar-refractivity contribution in [3.05, 3.63) is 106 Å². The molecule has 0 aliphatic heterocycles. The molecule has 3 aromatic carbocycles. The number of halogens is 2. The third-order valence-corrected chi connectivity index (χ3v) is 5.29. The minimum Gasteiger partial charge on any atom is -0.357 e. The Kier molecular flexibility index (Phi) is 7.79. The Morgan fingerprint density at radius 3 is 2.32 bits per heavy atom. The van der Waals surface area contributed by atoms with Crippen LogP contribution in [0.1, 0.15) is 16.7 Å².